The topological polar surface area (TPSA) is 102 Å². The molecule has 0 fully saturated rings. The normalized spacial score (nSPS) is 10.2. The fourth-order valence-corrected chi connectivity index (χ4v) is 1.63. The van der Waals surface area contributed by atoms with Crippen LogP contribution in [-0.2, 0) is 11.2 Å². The SMILES string of the molecule is CCCNc1nc(CC)nc(NCCOC(N)=O)c1C. The minimum Gasteiger partial charge on any atom is -0.448 e. The number of carbonyl (C=O) groups excluding carboxylic acids is 1. The van der Waals surface area contributed by atoms with Crippen molar-refractivity contribution in [2.24, 2.45) is 5.73 Å². The van der Waals surface area contributed by atoms with Gasteiger partial charge in [0.15, 0.2) is 0 Å². The van der Waals surface area contributed by atoms with Gasteiger partial charge in [-0.25, -0.2) is 14.8 Å². The Bertz CT molecular complexity index is 451. The maximum atomic E-state index is 10.5. The van der Waals surface area contributed by atoms with Gasteiger partial charge in [-0.2, -0.15) is 0 Å². The van der Waals surface area contributed by atoms with Crippen LogP contribution in [0.1, 0.15) is 31.7 Å². The third-order valence-corrected chi connectivity index (χ3v) is 2.69. The molecule has 0 aliphatic heterocycles. The Balaban J connectivity index is 2.74. The lowest BCUT2D eigenvalue weighted by Gasteiger charge is -2.14. The van der Waals surface area contributed by atoms with E-state index in [-0.39, 0.29) is 6.61 Å². The molecule has 112 valence electrons. The molecule has 0 saturated heterocycles. The summed E-state index contributed by atoms with van der Waals surface area (Å²) in [6.45, 7) is 7.59. The van der Waals surface area contributed by atoms with Crippen molar-refractivity contribution in [3.05, 3.63) is 11.4 Å². The van der Waals surface area contributed by atoms with E-state index in [4.69, 9.17) is 5.73 Å². The summed E-state index contributed by atoms with van der Waals surface area (Å²) in [5, 5.41) is 6.43. The van der Waals surface area contributed by atoms with E-state index >= 15 is 0 Å². The number of primary amides is 1. The van der Waals surface area contributed by atoms with Crippen LogP contribution in [0.4, 0.5) is 16.4 Å². The van der Waals surface area contributed by atoms with Crippen LogP contribution < -0.4 is 16.4 Å². The second-order valence-corrected chi connectivity index (χ2v) is 4.34. The molecule has 1 heterocycles. The lowest BCUT2D eigenvalue weighted by atomic mass is 10.2. The predicted octanol–water partition coefficient (Wildman–Crippen LogP) is 1.68. The molecule has 0 aliphatic carbocycles. The molecular formula is C13H23N5O2. The number of nitrogens with two attached hydrogens (primary N) is 1. The Hall–Kier alpha value is -2.05. The van der Waals surface area contributed by atoms with Gasteiger partial charge in [-0.3, -0.25) is 0 Å². The van der Waals surface area contributed by atoms with Crippen LogP contribution in [0.3, 0.4) is 0 Å². The molecular weight excluding hydrogens is 258 g/mol. The second kappa shape index (κ2) is 8.19. The van der Waals surface area contributed by atoms with Crippen molar-refractivity contribution in [2.75, 3.05) is 30.3 Å². The maximum absolute atomic E-state index is 10.5. The van der Waals surface area contributed by atoms with Crippen molar-refractivity contribution in [2.45, 2.75) is 33.6 Å². The highest BCUT2D eigenvalue weighted by Crippen LogP contribution is 2.20. The van der Waals surface area contributed by atoms with Crippen LogP contribution in [0, 0.1) is 6.92 Å². The van der Waals surface area contributed by atoms with Gasteiger partial charge in [0.2, 0.25) is 0 Å². The zero-order valence-electron chi connectivity index (χ0n) is 12.3. The van der Waals surface area contributed by atoms with Gasteiger partial charge in [0.05, 0.1) is 6.54 Å². The van der Waals surface area contributed by atoms with Gasteiger partial charge in [-0.05, 0) is 13.3 Å². The van der Waals surface area contributed by atoms with Crippen molar-refractivity contribution in [1.82, 2.24) is 9.97 Å². The van der Waals surface area contributed by atoms with E-state index < -0.39 is 6.09 Å². The maximum Gasteiger partial charge on any atom is 0.404 e. The first-order valence-electron chi connectivity index (χ1n) is 6.85. The molecule has 20 heavy (non-hydrogen) atoms. The molecule has 7 nitrogen and oxygen atoms in total. The highest BCUT2D eigenvalue weighted by molar-refractivity contribution is 5.64. The van der Waals surface area contributed by atoms with Crippen molar-refractivity contribution >= 4 is 17.7 Å². The van der Waals surface area contributed by atoms with Gasteiger partial charge in [0.1, 0.15) is 24.1 Å². The fourth-order valence-electron chi connectivity index (χ4n) is 1.63. The average Bonchev–Trinajstić information content (AvgIpc) is 2.43. The van der Waals surface area contributed by atoms with E-state index in [2.05, 4.69) is 32.3 Å². The lowest BCUT2D eigenvalue weighted by Crippen LogP contribution is -2.19. The lowest BCUT2D eigenvalue weighted by molar-refractivity contribution is 0.161. The number of hydrogen-bond acceptors (Lipinski definition) is 6. The summed E-state index contributed by atoms with van der Waals surface area (Å²) in [5.41, 5.74) is 5.86. The van der Waals surface area contributed by atoms with Gasteiger partial charge < -0.3 is 21.1 Å². The molecule has 0 atom stereocenters. The van der Waals surface area contributed by atoms with Crippen LogP contribution in [0.5, 0.6) is 0 Å². The smallest absolute Gasteiger partial charge is 0.404 e. The van der Waals surface area contributed by atoms with Crippen LogP contribution in [0.25, 0.3) is 0 Å². The van der Waals surface area contributed by atoms with Gasteiger partial charge in [-0.15, -0.1) is 0 Å². The van der Waals surface area contributed by atoms with E-state index in [0.717, 1.165) is 42.4 Å². The van der Waals surface area contributed by atoms with Crippen molar-refractivity contribution in [1.29, 1.82) is 0 Å². The highest BCUT2D eigenvalue weighted by Gasteiger charge is 2.09. The quantitative estimate of drug-likeness (QED) is 0.626. The summed E-state index contributed by atoms with van der Waals surface area (Å²) in [5.74, 6) is 2.37. The molecule has 1 rings (SSSR count). The number of nitrogens with one attached hydrogen (secondary N) is 2. The number of aromatic nitrogens is 2. The first kappa shape index (κ1) is 16.0. The van der Waals surface area contributed by atoms with Gasteiger partial charge in [-0.1, -0.05) is 13.8 Å². The highest BCUT2D eigenvalue weighted by atomic mass is 16.5. The standard InChI is InChI=1S/C13H23N5O2/c1-4-6-15-11-9(3)12(18-10(5-2)17-11)16-7-8-20-13(14)19/h4-8H2,1-3H3,(H2,14,19)(H2,15,16,17,18). The fraction of sp³-hybridized carbons (Fsp3) is 0.615. The largest absolute Gasteiger partial charge is 0.448 e. The number of anilines is 2. The van der Waals surface area contributed by atoms with Crippen LogP contribution in [-0.4, -0.2) is 35.8 Å². The summed E-state index contributed by atoms with van der Waals surface area (Å²) in [6, 6.07) is 0. The Morgan fingerprint density at radius 2 is 1.80 bits per heavy atom. The first-order chi connectivity index (χ1) is 9.58. The van der Waals surface area contributed by atoms with E-state index in [1.807, 2.05) is 13.8 Å². The number of rotatable bonds is 8. The molecule has 1 amide bonds. The molecule has 7 heteroatoms. The van der Waals surface area contributed by atoms with E-state index in [9.17, 15) is 4.79 Å². The van der Waals surface area contributed by atoms with E-state index in [1.165, 1.54) is 0 Å². The minimum atomic E-state index is -0.772. The van der Waals surface area contributed by atoms with Crippen LogP contribution >= 0.6 is 0 Å². The summed E-state index contributed by atoms with van der Waals surface area (Å²) < 4.78 is 4.67. The van der Waals surface area contributed by atoms with E-state index in [1.54, 1.807) is 0 Å². The van der Waals surface area contributed by atoms with Crippen molar-refractivity contribution in [3.63, 3.8) is 0 Å². The second-order valence-electron chi connectivity index (χ2n) is 4.34. The van der Waals surface area contributed by atoms with Crippen molar-refractivity contribution in [3.8, 4) is 0 Å². The number of carbonyl (C=O) groups is 1. The number of amides is 1. The molecule has 0 spiro atoms. The Morgan fingerprint density at radius 3 is 2.30 bits per heavy atom. The first-order valence-corrected chi connectivity index (χ1v) is 6.85. The number of hydrogen-bond donors (Lipinski definition) is 3. The van der Waals surface area contributed by atoms with Gasteiger partial charge >= 0.3 is 6.09 Å². The third kappa shape index (κ3) is 4.91. The van der Waals surface area contributed by atoms with Gasteiger partial charge in [0.25, 0.3) is 0 Å². The zero-order valence-corrected chi connectivity index (χ0v) is 12.3. The summed E-state index contributed by atoms with van der Waals surface area (Å²) in [4.78, 5) is 19.4. The van der Waals surface area contributed by atoms with Crippen molar-refractivity contribution < 1.29 is 9.53 Å². The molecule has 0 aromatic carbocycles. The molecule has 0 bridgehead atoms. The third-order valence-electron chi connectivity index (χ3n) is 2.69. The number of aryl methyl sites for hydroxylation is 1. The molecule has 0 unspecified atom stereocenters. The molecule has 4 N–H and O–H groups in total. The Morgan fingerprint density at radius 1 is 1.20 bits per heavy atom. The summed E-state index contributed by atoms with van der Waals surface area (Å²) >= 11 is 0. The Kier molecular flexibility index (Phi) is 6.55. The molecule has 1 aromatic heterocycles. The minimum absolute atomic E-state index is 0.206. The monoisotopic (exact) mass is 281 g/mol. The zero-order chi connectivity index (χ0) is 15.0. The number of nitrogens with zero attached hydrogens (tertiary/aromatic N) is 2. The van der Waals surface area contributed by atoms with Crippen LogP contribution in [0.15, 0.2) is 0 Å². The molecule has 0 aliphatic rings. The Labute approximate surface area is 119 Å². The van der Waals surface area contributed by atoms with E-state index in [0.29, 0.717) is 6.54 Å². The summed E-state index contributed by atoms with van der Waals surface area (Å²) in [7, 11) is 0. The molecule has 0 saturated carbocycles. The number of ether oxygens (including phenoxy) is 1. The summed E-state index contributed by atoms with van der Waals surface area (Å²) in [6.07, 6.45) is 1.01. The average molecular weight is 281 g/mol. The van der Waals surface area contributed by atoms with Gasteiger partial charge in [0, 0.05) is 18.5 Å². The van der Waals surface area contributed by atoms with Crippen LogP contribution in [0.2, 0.25) is 0 Å². The molecule has 1 aromatic rings. The predicted molar refractivity (Wildman–Crippen MR) is 79.0 cm³/mol. The molecule has 0 radical (unpaired) electrons.